The van der Waals surface area contributed by atoms with Gasteiger partial charge in [0.1, 0.15) is 6.04 Å². The van der Waals surface area contributed by atoms with Gasteiger partial charge in [-0.3, -0.25) is 0 Å². The maximum absolute atomic E-state index is 11.7. The second-order valence-electron chi connectivity index (χ2n) is 4.52. The fourth-order valence-electron chi connectivity index (χ4n) is 1.46. The Morgan fingerprint density at radius 2 is 1.89 bits per heavy atom. The molecule has 112 valence electrons. The Balaban J connectivity index is 3.82. The third kappa shape index (κ3) is 7.63. The number of hydrogen-bond acceptors (Lipinski definition) is 4. The summed E-state index contributed by atoms with van der Waals surface area (Å²) >= 11 is 0. The van der Waals surface area contributed by atoms with Crippen molar-refractivity contribution in [2.24, 2.45) is 0 Å². The van der Waals surface area contributed by atoms with Gasteiger partial charge in [-0.05, 0) is 20.5 Å². The number of amides is 2. The predicted octanol–water partition coefficient (Wildman–Crippen LogP) is 0.0692. The lowest BCUT2D eigenvalue weighted by Crippen LogP contribution is -2.47. The molecule has 0 bridgehead atoms. The van der Waals surface area contributed by atoms with Gasteiger partial charge >= 0.3 is 12.0 Å². The van der Waals surface area contributed by atoms with E-state index in [1.165, 1.54) is 11.9 Å². The van der Waals surface area contributed by atoms with E-state index in [0.717, 1.165) is 6.54 Å². The number of nitrogens with zero attached hydrogens (tertiary/aromatic N) is 2. The molecule has 1 unspecified atom stereocenters. The molecule has 0 rings (SSSR count). The Morgan fingerprint density at radius 3 is 2.37 bits per heavy atom. The molecule has 0 heterocycles. The lowest BCUT2D eigenvalue weighted by atomic mass is 10.2. The Labute approximate surface area is 114 Å². The third-order valence-corrected chi connectivity index (χ3v) is 2.67. The van der Waals surface area contributed by atoms with Crippen LogP contribution in [0.15, 0.2) is 0 Å². The molecule has 2 N–H and O–H groups in total. The zero-order valence-corrected chi connectivity index (χ0v) is 12.2. The molecule has 0 saturated carbocycles. The maximum atomic E-state index is 11.7. The maximum Gasteiger partial charge on any atom is 0.326 e. The molecule has 7 nitrogen and oxygen atoms in total. The lowest BCUT2D eigenvalue weighted by molar-refractivity contribution is -0.141. The Kier molecular flexibility index (Phi) is 8.90. The van der Waals surface area contributed by atoms with Crippen molar-refractivity contribution >= 4 is 12.0 Å². The third-order valence-electron chi connectivity index (χ3n) is 2.67. The summed E-state index contributed by atoms with van der Waals surface area (Å²) in [6, 6.07) is -1.19. The SMILES string of the molecule is CCC(C(=O)O)N(C)C(=O)NCCOCCN(C)C. The highest BCUT2D eigenvalue weighted by Crippen LogP contribution is 2.01. The van der Waals surface area contributed by atoms with Gasteiger partial charge in [-0.2, -0.15) is 0 Å². The molecule has 19 heavy (non-hydrogen) atoms. The first-order valence-corrected chi connectivity index (χ1v) is 6.36. The summed E-state index contributed by atoms with van der Waals surface area (Å²) in [6.07, 6.45) is 0.374. The Bertz CT molecular complexity index is 284. The normalized spacial score (nSPS) is 12.3. The van der Waals surface area contributed by atoms with Crippen LogP contribution in [0.1, 0.15) is 13.3 Å². The molecule has 0 fully saturated rings. The van der Waals surface area contributed by atoms with E-state index in [2.05, 4.69) is 5.32 Å². The largest absolute Gasteiger partial charge is 0.480 e. The monoisotopic (exact) mass is 275 g/mol. The number of nitrogens with one attached hydrogen (secondary N) is 1. The number of rotatable bonds is 9. The fourth-order valence-corrected chi connectivity index (χ4v) is 1.46. The molecule has 0 aromatic rings. The molecular formula is C12H25N3O4. The summed E-state index contributed by atoms with van der Waals surface area (Å²) in [5, 5.41) is 11.6. The highest BCUT2D eigenvalue weighted by molar-refractivity contribution is 5.82. The van der Waals surface area contributed by atoms with E-state index in [9.17, 15) is 9.59 Å². The van der Waals surface area contributed by atoms with Crippen molar-refractivity contribution in [2.75, 3.05) is 47.4 Å². The van der Waals surface area contributed by atoms with Crippen LogP contribution in [-0.4, -0.2) is 80.4 Å². The summed E-state index contributed by atoms with van der Waals surface area (Å²) in [5.74, 6) is -0.998. The van der Waals surface area contributed by atoms with Crippen LogP contribution in [-0.2, 0) is 9.53 Å². The molecule has 7 heteroatoms. The molecule has 2 amide bonds. The highest BCUT2D eigenvalue weighted by atomic mass is 16.5. The van der Waals surface area contributed by atoms with E-state index in [-0.39, 0.29) is 0 Å². The number of carboxylic acid groups (broad SMARTS) is 1. The van der Waals surface area contributed by atoms with Crippen LogP contribution in [0.2, 0.25) is 0 Å². The van der Waals surface area contributed by atoms with Crippen LogP contribution < -0.4 is 5.32 Å². The van der Waals surface area contributed by atoms with Gasteiger partial charge in [0.25, 0.3) is 0 Å². The van der Waals surface area contributed by atoms with Gasteiger partial charge in [0.2, 0.25) is 0 Å². The number of hydrogen-bond donors (Lipinski definition) is 2. The summed E-state index contributed by atoms with van der Waals surface area (Å²) in [4.78, 5) is 25.8. The first-order valence-electron chi connectivity index (χ1n) is 6.36. The Morgan fingerprint density at radius 1 is 1.26 bits per heavy atom. The van der Waals surface area contributed by atoms with Gasteiger partial charge in [-0.15, -0.1) is 0 Å². The minimum atomic E-state index is -0.998. The van der Waals surface area contributed by atoms with Crippen LogP contribution in [0.4, 0.5) is 4.79 Å². The Hall–Kier alpha value is -1.34. The number of urea groups is 1. The fraction of sp³-hybridized carbons (Fsp3) is 0.833. The average Bonchev–Trinajstić information content (AvgIpc) is 2.33. The summed E-state index contributed by atoms with van der Waals surface area (Å²) < 4.78 is 5.32. The summed E-state index contributed by atoms with van der Waals surface area (Å²) in [7, 11) is 5.39. The van der Waals surface area contributed by atoms with E-state index in [1.807, 2.05) is 19.0 Å². The van der Waals surface area contributed by atoms with Crippen LogP contribution in [0.25, 0.3) is 0 Å². The number of carbonyl (C=O) groups is 2. The van der Waals surface area contributed by atoms with Crippen LogP contribution in [0.3, 0.4) is 0 Å². The molecule has 0 radical (unpaired) electrons. The molecule has 0 aliphatic rings. The first-order chi connectivity index (χ1) is 8.90. The smallest absolute Gasteiger partial charge is 0.326 e. The second-order valence-corrected chi connectivity index (χ2v) is 4.52. The lowest BCUT2D eigenvalue weighted by Gasteiger charge is -2.24. The molecule has 0 aliphatic carbocycles. The van der Waals surface area contributed by atoms with Crippen molar-refractivity contribution in [1.82, 2.24) is 15.1 Å². The standard InChI is InChI=1S/C12H25N3O4/c1-5-10(11(16)17)15(4)12(18)13-6-8-19-9-7-14(2)3/h10H,5-9H2,1-4H3,(H,13,18)(H,16,17). The van der Waals surface area contributed by atoms with E-state index in [4.69, 9.17) is 9.84 Å². The number of aliphatic carboxylic acids is 1. The van der Waals surface area contributed by atoms with Gasteiger partial charge in [0.15, 0.2) is 0 Å². The van der Waals surface area contributed by atoms with Gasteiger partial charge in [0, 0.05) is 20.1 Å². The molecular weight excluding hydrogens is 250 g/mol. The van der Waals surface area contributed by atoms with Crippen molar-refractivity contribution in [3.8, 4) is 0 Å². The van der Waals surface area contributed by atoms with E-state index in [0.29, 0.717) is 26.2 Å². The van der Waals surface area contributed by atoms with Crippen LogP contribution in [0, 0.1) is 0 Å². The molecule has 0 saturated heterocycles. The highest BCUT2D eigenvalue weighted by Gasteiger charge is 2.24. The summed E-state index contributed by atoms with van der Waals surface area (Å²) in [5.41, 5.74) is 0. The van der Waals surface area contributed by atoms with Crippen molar-refractivity contribution in [3.05, 3.63) is 0 Å². The van der Waals surface area contributed by atoms with Crippen molar-refractivity contribution < 1.29 is 19.4 Å². The van der Waals surface area contributed by atoms with Crippen LogP contribution >= 0.6 is 0 Å². The minimum absolute atomic E-state index is 0.368. The van der Waals surface area contributed by atoms with Gasteiger partial charge < -0.3 is 25.0 Å². The number of likely N-dealkylation sites (N-methyl/N-ethyl adjacent to an activating group) is 2. The van der Waals surface area contributed by atoms with Gasteiger partial charge in [-0.1, -0.05) is 6.92 Å². The minimum Gasteiger partial charge on any atom is -0.480 e. The van der Waals surface area contributed by atoms with Crippen molar-refractivity contribution in [3.63, 3.8) is 0 Å². The van der Waals surface area contributed by atoms with E-state index < -0.39 is 18.0 Å². The quantitative estimate of drug-likeness (QED) is 0.582. The number of carbonyl (C=O) groups excluding carboxylic acids is 1. The number of carboxylic acids is 1. The van der Waals surface area contributed by atoms with Crippen molar-refractivity contribution in [1.29, 1.82) is 0 Å². The van der Waals surface area contributed by atoms with Crippen LogP contribution in [0.5, 0.6) is 0 Å². The predicted molar refractivity (Wildman–Crippen MR) is 72.2 cm³/mol. The van der Waals surface area contributed by atoms with Gasteiger partial charge in [-0.25, -0.2) is 9.59 Å². The number of ether oxygens (including phenoxy) is 1. The molecule has 0 spiro atoms. The zero-order valence-electron chi connectivity index (χ0n) is 12.2. The van der Waals surface area contributed by atoms with E-state index in [1.54, 1.807) is 6.92 Å². The molecule has 0 aromatic carbocycles. The zero-order chi connectivity index (χ0) is 14.8. The average molecular weight is 275 g/mol. The molecule has 0 aromatic heterocycles. The van der Waals surface area contributed by atoms with Crippen molar-refractivity contribution in [2.45, 2.75) is 19.4 Å². The first kappa shape index (κ1) is 17.7. The molecule has 1 atom stereocenters. The summed E-state index contributed by atoms with van der Waals surface area (Å²) in [6.45, 7) is 3.94. The van der Waals surface area contributed by atoms with E-state index >= 15 is 0 Å². The second kappa shape index (κ2) is 9.57. The van der Waals surface area contributed by atoms with Gasteiger partial charge in [0.05, 0.1) is 13.2 Å². The molecule has 0 aliphatic heterocycles. The topological polar surface area (TPSA) is 82.1 Å².